The number of rotatable bonds is 2. The maximum Gasteiger partial charge on any atom is 0.0462 e. The maximum absolute atomic E-state index is 8.81. The number of hydrogen-bond donors (Lipinski definition) is 1. The molecule has 0 fully saturated rings. The Balaban J connectivity index is 0.00000121. The molecular weight excluding hydrogens is 248 g/mol. The van der Waals surface area contributed by atoms with Gasteiger partial charge < -0.3 is 5.11 Å². The molecule has 0 amide bonds. The summed E-state index contributed by atoms with van der Waals surface area (Å²) in [6.07, 6.45) is 0.896. The molecule has 0 aliphatic heterocycles. The summed E-state index contributed by atoms with van der Waals surface area (Å²) in [6.45, 7) is 2.07. The third-order valence-corrected chi connectivity index (χ3v) is 1.72. The van der Waals surface area contributed by atoms with Crippen molar-refractivity contribution in [1.29, 1.82) is 0 Å². The SMILES string of the molecule is CCc1[c-]c(Cl)cc(CO)c1.[Y]. The van der Waals surface area contributed by atoms with Crippen molar-refractivity contribution in [3.8, 4) is 0 Å². The molecular formula is C9H10ClOY-. The monoisotopic (exact) mass is 258 g/mol. The molecule has 0 heterocycles. The van der Waals surface area contributed by atoms with Crippen molar-refractivity contribution in [3.05, 3.63) is 34.3 Å². The molecule has 0 aliphatic carbocycles. The molecule has 0 aliphatic rings. The average molecular weight is 259 g/mol. The third-order valence-electron chi connectivity index (χ3n) is 1.52. The fourth-order valence-electron chi connectivity index (χ4n) is 0.936. The van der Waals surface area contributed by atoms with Crippen molar-refractivity contribution in [2.45, 2.75) is 20.0 Å². The summed E-state index contributed by atoms with van der Waals surface area (Å²) >= 11 is 5.74. The Bertz CT molecular complexity index is 228. The zero-order valence-electron chi connectivity index (χ0n) is 6.97. The molecule has 0 unspecified atom stereocenters. The van der Waals surface area contributed by atoms with Crippen LogP contribution in [0.3, 0.4) is 0 Å². The molecule has 1 aromatic carbocycles. The summed E-state index contributed by atoms with van der Waals surface area (Å²) in [6, 6.07) is 6.62. The van der Waals surface area contributed by atoms with E-state index in [1.165, 1.54) is 0 Å². The first-order valence-corrected chi connectivity index (χ1v) is 3.95. The van der Waals surface area contributed by atoms with E-state index in [2.05, 4.69) is 6.07 Å². The van der Waals surface area contributed by atoms with Gasteiger partial charge in [-0.3, -0.25) is 0 Å². The van der Waals surface area contributed by atoms with Gasteiger partial charge in [-0.2, -0.15) is 17.7 Å². The molecule has 12 heavy (non-hydrogen) atoms. The second-order valence-corrected chi connectivity index (χ2v) is 2.78. The van der Waals surface area contributed by atoms with E-state index in [-0.39, 0.29) is 39.3 Å². The molecule has 63 valence electrons. The van der Waals surface area contributed by atoms with Gasteiger partial charge in [0.15, 0.2) is 0 Å². The summed E-state index contributed by atoms with van der Waals surface area (Å²) in [4.78, 5) is 0. The summed E-state index contributed by atoms with van der Waals surface area (Å²) in [7, 11) is 0. The predicted molar refractivity (Wildman–Crippen MR) is 45.6 cm³/mol. The Morgan fingerprint density at radius 1 is 1.50 bits per heavy atom. The molecule has 1 radical (unpaired) electrons. The van der Waals surface area contributed by atoms with E-state index in [9.17, 15) is 0 Å². The number of benzene rings is 1. The quantitative estimate of drug-likeness (QED) is 0.806. The van der Waals surface area contributed by atoms with Gasteiger partial charge in [0.2, 0.25) is 0 Å². The Morgan fingerprint density at radius 3 is 2.67 bits per heavy atom. The molecule has 0 saturated carbocycles. The minimum absolute atomic E-state index is 0. The summed E-state index contributed by atoms with van der Waals surface area (Å²) in [5, 5.41) is 9.39. The zero-order chi connectivity index (χ0) is 8.27. The fraction of sp³-hybridized carbons (Fsp3) is 0.333. The molecule has 1 nitrogen and oxygen atoms in total. The summed E-state index contributed by atoms with van der Waals surface area (Å²) in [5.74, 6) is 0. The van der Waals surface area contributed by atoms with Gasteiger partial charge in [-0.05, 0) is 0 Å². The van der Waals surface area contributed by atoms with Crippen LogP contribution >= 0.6 is 11.6 Å². The van der Waals surface area contributed by atoms with Gasteiger partial charge in [0.1, 0.15) is 0 Å². The molecule has 1 aromatic rings. The van der Waals surface area contributed by atoms with E-state index in [0.717, 1.165) is 17.5 Å². The second kappa shape index (κ2) is 6.09. The maximum atomic E-state index is 8.81. The molecule has 3 heteroatoms. The van der Waals surface area contributed by atoms with Crippen LogP contribution in [0, 0.1) is 6.07 Å². The van der Waals surface area contributed by atoms with E-state index < -0.39 is 0 Å². The van der Waals surface area contributed by atoms with Gasteiger partial charge in [-0.15, -0.1) is 23.2 Å². The van der Waals surface area contributed by atoms with Crippen LogP contribution in [0.25, 0.3) is 0 Å². The minimum atomic E-state index is 0. The van der Waals surface area contributed by atoms with E-state index in [1.807, 2.05) is 13.0 Å². The second-order valence-electron chi connectivity index (χ2n) is 2.37. The molecule has 1 N–H and O–H groups in total. The largest absolute Gasteiger partial charge is 0.394 e. The summed E-state index contributed by atoms with van der Waals surface area (Å²) < 4.78 is 0. The van der Waals surface area contributed by atoms with Gasteiger partial charge in [-0.25, -0.2) is 0 Å². The van der Waals surface area contributed by atoms with E-state index in [1.54, 1.807) is 6.07 Å². The molecule has 0 aromatic heterocycles. The van der Waals surface area contributed by atoms with Crippen molar-refractivity contribution < 1.29 is 37.8 Å². The molecule has 0 bridgehead atoms. The Morgan fingerprint density at radius 2 is 2.17 bits per heavy atom. The number of aryl methyl sites for hydroxylation is 1. The van der Waals surface area contributed by atoms with Crippen molar-refractivity contribution in [1.82, 2.24) is 0 Å². The van der Waals surface area contributed by atoms with Crippen molar-refractivity contribution in [2.24, 2.45) is 0 Å². The van der Waals surface area contributed by atoms with Crippen LogP contribution in [0.5, 0.6) is 0 Å². The normalized spacial score (nSPS) is 9.25. The van der Waals surface area contributed by atoms with E-state index in [0.29, 0.717) is 5.02 Å². The van der Waals surface area contributed by atoms with Crippen LogP contribution in [0.1, 0.15) is 18.1 Å². The van der Waals surface area contributed by atoms with Crippen LogP contribution in [0.2, 0.25) is 5.02 Å². The Kier molecular flexibility index (Phi) is 6.38. The van der Waals surface area contributed by atoms with E-state index >= 15 is 0 Å². The van der Waals surface area contributed by atoms with Gasteiger partial charge in [0.25, 0.3) is 0 Å². The first-order valence-electron chi connectivity index (χ1n) is 3.57. The Hall–Kier alpha value is 0.574. The van der Waals surface area contributed by atoms with Crippen molar-refractivity contribution in [2.75, 3.05) is 0 Å². The smallest absolute Gasteiger partial charge is 0.0462 e. The summed E-state index contributed by atoms with van der Waals surface area (Å²) in [5.41, 5.74) is 1.90. The zero-order valence-corrected chi connectivity index (χ0v) is 10.6. The van der Waals surface area contributed by atoms with Crippen LogP contribution in [-0.2, 0) is 45.7 Å². The Labute approximate surface area is 103 Å². The predicted octanol–water partition coefficient (Wildman–Crippen LogP) is 2.19. The minimum Gasteiger partial charge on any atom is -0.394 e. The van der Waals surface area contributed by atoms with E-state index in [4.69, 9.17) is 16.7 Å². The fourth-order valence-corrected chi connectivity index (χ4v) is 1.20. The molecule has 1 rings (SSSR count). The van der Waals surface area contributed by atoms with Crippen LogP contribution in [0.4, 0.5) is 0 Å². The van der Waals surface area contributed by atoms with Crippen LogP contribution in [-0.4, -0.2) is 5.11 Å². The number of hydrogen-bond acceptors (Lipinski definition) is 1. The third kappa shape index (κ3) is 3.53. The van der Waals surface area contributed by atoms with Gasteiger partial charge in [-0.1, -0.05) is 18.4 Å². The van der Waals surface area contributed by atoms with Crippen LogP contribution in [0.15, 0.2) is 12.1 Å². The molecule has 0 saturated heterocycles. The standard InChI is InChI=1S/C9H10ClO.Y/c1-2-7-3-8(6-11)5-9(10)4-7;/h3,5,11H,2,6H2,1H3;/q-1;. The van der Waals surface area contributed by atoms with Crippen molar-refractivity contribution in [3.63, 3.8) is 0 Å². The first-order chi connectivity index (χ1) is 5.26. The van der Waals surface area contributed by atoms with Gasteiger partial charge in [0, 0.05) is 39.3 Å². The number of halogens is 1. The van der Waals surface area contributed by atoms with Gasteiger partial charge in [0.05, 0.1) is 0 Å². The average Bonchev–Trinajstić information content (AvgIpc) is 2.03. The number of aliphatic hydroxyl groups excluding tert-OH is 1. The van der Waals surface area contributed by atoms with Gasteiger partial charge >= 0.3 is 0 Å². The topological polar surface area (TPSA) is 20.2 Å². The van der Waals surface area contributed by atoms with Crippen molar-refractivity contribution >= 4 is 11.6 Å². The molecule has 0 spiro atoms. The first kappa shape index (κ1) is 12.6. The van der Waals surface area contributed by atoms with Crippen LogP contribution < -0.4 is 0 Å². The molecule has 0 atom stereocenters. The number of aliphatic hydroxyl groups is 1.